The molecule has 7 heteroatoms. The SMILES string of the molecule is c1ccc(CC2=N[C@H]3C(O2)O[C@@H]2COC(c4ccccc4)O[C@H]2[C@@H]3OP(c2ccccc2)c2ccccc2)cc1. The molecular weight excluding hydrogens is 521 g/mol. The summed E-state index contributed by atoms with van der Waals surface area (Å²) < 4.78 is 32.6. The van der Waals surface area contributed by atoms with E-state index < -0.39 is 26.8 Å². The van der Waals surface area contributed by atoms with Crippen LogP contribution in [0.1, 0.15) is 17.4 Å². The first-order valence-corrected chi connectivity index (χ1v) is 14.9. The lowest BCUT2D eigenvalue weighted by atomic mass is 9.96. The Kier molecular flexibility index (Phi) is 7.43. The van der Waals surface area contributed by atoms with E-state index in [1.165, 1.54) is 0 Å². The van der Waals surface area contributed by atoms with E-state index in [0.717, 1.165) is 21.7 Å². The molecule has 202 valence electrons. The number of ether oxygens (including phenoxy) is 4. The third kappa shape index (κ3) is 5.34. The Morgan fingerprint density at radius 2 is 1.32 bits per heavy atom. The molecule has 0 saturated carbocycles. The quantitative estimate of drug-likeness (QED) is 0.292. The predicted octanol–water partition coefficient (Wildman–Crippen LogP) is 5.30. The lowest BCUT2D eigenvalue weighted by Crippen LogP contribution is -2.61. The summed E-state index contributed by atoms with van der Waals surface area (Å²) in [6, 6.07) is 40.6. The van der Waals surface area contributed by atoms with Gasteiger partial charge >= 0.3 is 0 Å². The standard InChI is InChI=1S/C33H30NO5P/c1-5-13-23(14-6-1)21-28-34-29-31(39-40(25-17-9-3-10-18-25)26-19-11-4-12-20-26)30-27(36-33(29)37-28)22-35-32(38-30)24-15-7-2-8-16-24/h1-20,27,29-33H,21-22H2/t27-,29-,30-,31-,32?,33?/m1/s1. The molecule has 0 spiro atoms. The molecule has 7 rings (SSSR count). The zero-order chi connectivity index (χ0) is 26.7. The highest BCUT2D eigenvalue weighted by atomic mass is 31.1. The normalized spacial score (nSPS) is 27.4. The van der Waals surface area contributed by atoms with E-state index in [1.807, 2.05) is 60.7 Å². The molecule has 6 nitrogen and oxygen atoms in total. The summed E-state index contributed by atoms with van der Waals surface area (Å²) in [5, 5.41) is 2.25. The van der Waals surface area contributed by atoms with Crippen LogP contribution in [0.5, 0.6) is 0 Å². The van der Waals surface area contributed by atoms with Crippen molar-refractivity contribution in [3.05, 3.63) is 132 Å². The summed E-state index contributed by atoms with van der Waals surface area (Å²) in [5.41, 5.74) is 2.10. The average Bonchev–Trinajstić information content (AvgIpc) is 3.42. The van der Waals surface area contributed by atoms with Gasteiger partial charge in [0.15, 0.2) is 12.2 Å². The van der Waals surface area contributed by atoms with Crippen LogP contribution in [0.25, 0.3) is 0 Å². The smallest absolute Gasteiger partial charge is 0.227 e. The maximum atomic E-state index is 7.15. The zero-order valence-electron chi connectivity index (χ0n) is 21.9. The highest BCUT2D eigenvalue weighted by molar-refractivity contribution is 7.68. The molecule has 3 heterocycles. The molecule has 3 aliphatic heterocycles. The Labute approximate surface area is 235 Å². The minimum atomic E-state index is -1.16. The van der Waals surface area contributed by atoms with E-state index >= 15 is 0 Å². The van der Waals surface area contributed by atoms with Crippen LogP contribution in [0.2, 0.25) is 0 Å². The highest BCUT2D eigenvalue weighted by Crippen LogP contribution is 2.45. The van der Waals surface area contributed by atoms with Gasteiger partial charge in [-0.05, 0) is 5.56 Å². The van der Waals surface area contributed by atoms with Crippen molar-refractivity contribution in [1.29, 1.82) is 0 Å². The summed E-state index contributed by atoms with van der Waals surface area (Å²) in [6.45, 7) is 0.374. The number of hydrogen-bond acceptors (Lipinski definition) is 6. The Hall–Kier alpha value is -3.38. The molecule has 0 radical (unpaired) electrons. The molecule has 0 N–H and O–H groups in total. The van der Waals surface area contributed by atoms with Gasteiger partial charge in [-0.1, -0.05) is 121 Å². The first-order chi connectivity index (χ1) is 19.8. The van der Waals surface area contributed by atoms with Crippen molar-refractivity contribution in [1.82, 2.24) is 0 Å². The summed E-state index contributed by atoms with van der Waals surface area (Å²) in [6.07, 6.45) is -1.62. The molecule has 6 atom stereocenters. The van der Waals surface area contributed by atoms with Crippen molar-refractivity contribution < 1.29 is 23.5 Å². The molecule has 0 aliphatic carbocycles. The van der Waals surface area contributed by atoms with E-state index in [2.05, 4.69) is 60.7 Å². The molecule has 4 aromatic rings. The first kappa shape index (κ1) is 25.6. The molecular formula is C33H30NO5P. The summed E-state index contributed by atoms with van der Waals surface area (Å²) in [7, 11) is -1.16. The van der Waals surface area contributed by atoms with Crippen LogP contribution >= 0.6 is 8.15 Å². The fourth-order valence-electron chi connectivity index (χ4n) is 5.40. The van der Waals surface area contributed by atoms with E-state index in [0.29, 0.717) is 18.9 Å². The zero-order valence-corrected chi connectivity index (χ0v) is 22.8. The Bertz CT molecular complexity index is 1380. The Morgan fingerprint density at radius 1 is 0.725 bits per heavy atom. The van der Waals surface area contributed by atoms with Crippen LogP contribution in [-0.2, 0) is 29.9 Å². The number of fused-ring (bicyclic) bond motifs is 2. The molecule has 2 saturated heterocycles. The van der Waals surface area contributed by atoms with Gasteiger partial charge < -0.3 is 23.5 Å². The number of aliphatic imine (C=N–C) groups is 1. The lowest BCUT2D eigenvalue weighted by Gasteiger charge is -2.47. The molecule has 0 bridgehead atoms. The van der Waals surface area contributed by atoms with Crippen molar-refractivity contribution >= 4 is 24.7 Å². The molecule has 40 heavy (non-hydrogen) atoms. The fraction of sp³-hybridized carbons (Fsp3) is 0.242. The fourth-order valence-corrected chi connectivity index (χ4v) is 7.32. The van der Waals surface area contributed by atoms with Crippen LogP contribution in [0.15, 0.2) is 126 Å². The second kappa shape index (κ2) is 11.6. The summed E-state index contributed by atoms with van der Waals surface area (Å²) >= 11 is 0. The highest BCUT2D eigenvalue weighted by Gasteiger charge is 2.54. The van der Waals surface area contributed by atoms with Gasteiger partial charge in [0, 0.05) is 22.6 Å². The third-order valence-corrected chi connectivity index (χ3v) is 9.32. The summed E-state index contributed by atoms with van der Waals surface area (Å²) in [5.74, 6) is 0.651. The monoisotopic (exact) mass is 551 g/mol. The van der Waals surface area contributed by atoms with Crippen molar-refractivity contribution in [2.75, 3.05) is 6.61 Å². The molecule has 4 aromatic carbocycles. The first-order valence-electron chi connectivity index (χ1n) is 13.6. The minimum Gasteiger partial charge on any atom is -0.449 e. The molecule has 2 fully saturated rings. The van der Waals surface area contributed by atoms with Gasteiger partial charge in [-0.25, -0.2) is 4.99 Å². The second-order valence-electron chi connectivity index (χ2n) is 10.0. The van der Waals surface area contributed by atoms with Crippen LogP contribution < -0.4 is 10.6 Å². The predicted molar refractivity (Wildman–Crippen MR) is 155 cm³/mol. The minimum absolute atomic E-state index is 0.346. The molecule has 2 unspecified atom stereocenters. The Morgan fingerprint density at radius 3 is 1.98 bits per heavy atom. The van der Waals surface area contributed by atoms with Gasteiger partial charge in [-0.2, -0.15) is 0 Å². The van der Waals surface area contributed by atoms with Crippen molar-refractivity contribution in [3.63, 3.8) is 0 Å². The van der Waals surface area contributed by atoms with Crippen LogP contribution in [0.4, 0.5) is 0 Å². The van der Waals surface area contributed by atoms with Crippen molar-refractivity contribution in [3.8, 4) is 0 Å². The maximum Gasteiger partial charge on any atom is 0.227 e. The van der Waals surface area contributed by atoms with E-state index in [9.17, 15) is 0 Å². The van der Waals surface area contributed by atoms with Gasteiger partial charge in [0.25, 0.3) is 0 Å². The number of hydrogen-bond donors (Lipinski definition) is 0. The van der Waals surface area contributed by atoms with Crippen molar-refractivity contribution in [2.24, 2.45) is 4.99 Å². The largest absolute Gasteiger partial charge is 0.449 e. The average molecular weight is 552 g/mol. The lowest BCUT2D eigenvalue weighted by molar-refractivity contribution is -0.326. The van der Waals surface area contributed by atoms with E-state index in [-0.39, 0.29) is 18.2 Å². The van der Waals surface area contributed by atoms with Gasteiger partial charge in [0.05, 0.1) is 14.8 Å². The molecule has 0 amide bonds. The van der Waals surface area contributed by atoms with Crippen LogP contribution in [0, 0.1) is 0 Å². The third-order valence-electron chi connectivity index (χ3n) is 7.33. The second-order valence-corrected chi connectivity index (χ2v) is 11.9. The van der Waals surface area contributed by atoms with E-state index in [1.54, 1.807) is 0 Å². The van der Waals surface area contributed by atoms with Gasteiger partial charge in [0.2, 0.25) is 6.29 Å². The topological polar surface area (TPSA) is 58.5 Å². The molecule has 3 aliphatic rings. The maximum absolute atomic E-state index is 7.15. The number of rotatable bonds is 7. The van der Waals surface area contributed by atoms with E-state index in [4.69, 9.17) is 28.5 Å². The number of benzene rings is 4. The summed E-state index contributed by atoms with van der Waals surface area (Å²) in [4.78, 5) is 5.05. The Balaban J connectivity index is 1.24. The van der Waals surface area contributed by atoms with Gasteiger partial charge in [-0.15, -0.1) is 0 Å². The van der Waals surface area contributed by atoms with Gasteiger partial charge in [0.1, 0.15) is 24.4 Å². The number of nitrogens with zero attached hydrogens (tertiary/aromatic N) is 1. The van der Waals surface area contributed by atoms with Crippen LogP contribution in [-0.4, -0.2) is 43.1 Å². The van der Waals surface area contributed by atoms with Crippen molar-refractivity contribution in [2.45, 2.75) is 43.4 Å². The van der Waals surface area contributed by atoms with Crippen LogP contribution in [0.3, 0.4) is 0 Å². The van der Waals surface area contributed by atoms with Gasteiger partial charge in [-0.3, -0.25) is 0 Å². The molecule has 0 aromatic heterocycles.